The fraction of sp³-hybridized carbons (Fsp3) is 0.200. The predicted octanol–water partition coefficient (Wildman–Crippen LogP) is 4.18. The van der Waals surface area contributed by atoms with Gasteiger partial charge >= 0.3 is 0 Å². The molecule has 1 aliphatic rings. The van der Waals surface area contributed by atoms with Crippen LogP contribution in [0.25, 0.3) is 10.9 Å². The van der Waals surface area contributed by atoms with Gasteiger partial charge in [-0.1, -0.05) is 13.0 Å². The van der Waals surface area contributed by atoms with E-state index < -0.39 is 0 Å². The van der Waals surface area contributed by atoms with E-state index in [1.165, 1.54) is 5.56 Å². The maximum absolute atomic E-state index is 9.50. The van der Waals surface area contributed by atoms with Crippen LogP contribution >= 0.6 is 0 Å². The topological polar surface area (TPSA) is 67.2 Å². The second-order valence-electron chi connectivity index (χ2n) is 5.85. The van der Waals surface area contributed by atoms with Gasteiger partial charge in [0.25, 0.3) is 0 Å². The lowest BCUT2D eigenvalue weighted by Crippen LogP contribution is -2.15. The number of pyridine rings is 1. The Morgan fingerprint density at radius 1 is 1.12 bits per heavy atom. The van der Waals surface area contributed by atoms with E-state index in [9.17, 15) is 5.26 Å². The minimum absolute atomic E-state index is 0.510. The summed E-state index contributed by atoms with van der Waals surface area (Å²) in [4.78, 5) is 4.39. The number of aromatic nitrogens is 1. The zero-order valence-corrected chi connectivity index (χ0v) is 13.9. The van der Waals surface area contributed by atoms with Crippen molar-refractivity contribution in [3.63, 3.8) is 0 Å². The normalized spacial score (nSPS) is 12.6. The van der Waals surface area contributed by atoms with E-state index in [1.54, 1.807) is 6.20 Å². The average molecular weight is 331 g/mol. The first-order chi connectivity index (χ1) is 12.3. The zero-order chi connectivity index (χ0) is 17.2. The smallest absolute Gasteiger partial charge is 0.163 e. The van der Waals surface area contributed by atoms with Crippen LogP contribution in [0, 0.1) is 11.3 Å². The van der Waals surface area contributed by atoms with Gasteiger partial charge in [0.15, 0.2) is 11.5 Å². The molecule has 4 rings (SSSR count). The summed E-state index contributed by atoms with van der Waals surface area (Å²) in [7, 11) is 0. The van der Waals surface area contributed by atoms with E-state index in [4.69, 9.17) is 9.47 Å². The van der Waals surface area contributed by atoms with Gasteiger partial charge in [0.1, 0.15) is 19.3 Å². The summed E-state index contributed by atoms with van der Waals surface area (Å²) in [5, 5.41) is 13.8. The fourth-order valence-corrected chi connectivity index (χ4v) is 2.94. The molecule has 0 aliphatic carbocycles. The Morgan fingerprint density at radius 3 is 2.76 bits per heavy atom. The number of fused-ring (bicyclic) bond motifs is 2. The molecule has 3 aromatic rings. The highest BCUT2D eigenvalue weighted by Crippen LogP contribution is 2.35. The van der Waals surface area contributed by atoms with Crippen LogP contribution in [0.2, 0.25) is 0 Å². The molecular formula is C20H17N3O2. The Kier molecular flexibility index (Phi) is 3.87. The molecule has 0 amide bonds. The molecule has 0 atom stereocenters. The Hall–Kier alpha value is -3.26. The van der Waals surface area contributed by atoms with Crippen molar-refractivity contribution in [2.75, 3.05) is 18.5 Å². The number of nitrogens with zero attached hydrogens (tertiary/aromatic N) is 2. The number of ether oxygens (including phenoxy) is 2. The van der Waals surface area contributed by atoms with Gasteiger partial charge in [0.2, 0.25) is 0 Å². The summed E-state index contributed by atoms with van der Waals surface area (Å²) in [6, 6.07) is 14.1. The highest BCUT2D eigenvalue weighted by atomic mass is 16.6. The van der Waals surface area contributed by atoms with Crippen LogP contribution in [-0.2, 0) is 6.42 Å². The van der Waals surface area contributed by atoms with Gasteiger partial charge in [-0.25, -0.2) is 0 Å². The third-order valence-corrected chi connectivity index (χ3v) is 4.27. The lowest BCUT2D eigenvalue weighted by atomic mass is 10.0. The van der Waals surface area contributed by atoms with Crippen LogP contribution in [0.15, 0.2) is 42.6 Å². The van der Waals surface area contributed by atoms with Crippen molar-refractivity contribution < 1.29 is 9.47 Å². The third-order valence-electron chi connectivity index (χ3n) is 4.27. The Labute approximate surface area is 145 Å². The Bertz CT molecular complexity index is 992. The predicted molar refractivity (Wildman–Crippen MR) is 96.6 cm³/mol. The lowest BCUT2D eigenvalue weighted by molar-refractivity contribution is 0.171. The average Bonchev–Trinajstić information content (AvgIpc) is 2.67. The second-order valence-corrected chi connectivity index (χ2v) is 5.85. The van der Waals surface area contributed by atoms with Crippen molar-refractivity contribution in [1.29, 1.82) is 5.26 Å². The quantitative estimate of drug-likeness (QED) is 0.779. The molecule has 0 spiro atoms. The number of hydrogen-bond acceptors (Lipinski definition) is 5. The summed E-state index contributed by atoms with van der Waals surface area (Å²) in [5.41, 5.74) is 4.18. The molecule has 0 saturated carbocycles. The number of hydrogen-bond donors (Lipinski definition) is 1. The van der Waals surface area contributed by atoms with Crippen molar-refractivity contribution in [1.82, 2.24) is 4.98 Å². The van der Waals surface area contributed by atoms with E-state index in [-0.39, 0.29) is 0 Å². The molecule has 0 unspecified atom stereocenters. The first-order valence-electron chi connectivity index (χ1n) is 8.27. The number of aryl methyl sites for hydroxylation is 1. The highest BCUT2D eigenvalue weighted by Gasteiger charge is 2.14. The van der Waals surface area contributed by atoms with Gasteiger partial charge in [-0.05, 0) is 36.2 Å². The van der Waals surface area contributed by atoms with Crippen molar-refractivity contribution in [3.05, 3.63) is 53.7 Å². The van der Waals surface area contributed by atoms with E-state index in [1.807, 2.05) is 24.3 Å². The summed E-state index contributed by atoms with van der Waals surface area (Å²) in [6.07, 6.45) is 2.53. The first kappa shape index (κ1) is 15.3. The molecule has 1 aromatic heterocycles. The van der Waals surface area contributed by atoms with Crippen LogP contribution in [0.1, 0.15) is 18.1 Å². The summed E-state index contributed by atoms with van der Waals surface area (Å²) in [5.74, 6) is 1.45. The van der Waals surface area contributed by atoms with Crippen LogP contribution in [0.3, 0.4) is 0 Å². The number of nitriles is 1. The van der Waals surface area contributed by atoms with E-state index in [2.05, 4.69) is 35.4 Å². The molecule has 1 aliphatic heterocycles. The Morgan fingerprint density at radius 2 is 1.96 bits per heavy atom. The number of nitrogens with one attached hydrogen (secondary N) is 1. The molecule has 1 N–H and O–H groups in total. The number of anilines is 2. The van der Waals surface area contributed by atoms with Crippen LogP contribution < -0.4 is 14.8 Å². The highest BCUT2D eigenvalue weighted by molar-refractivity contribution is 5.96. The van der Waals surface area contributed by atoms with E-state index >= 15 is 0 Å². The number of rotatable bonds is 3. The minimum Gasteiger partial charge on any atom is -0.486 e. The summed E-state index contributed by atoms with van der Waals surface area (Å²) in [6.45, 7) is 3.21. The monoisotopic (exact) mass is 331 g/mol. The van der Waals surface area contributed by atoms with Crippen molar-refractivity contribution in [2.24, 2.45) is 0 Å². The number of benzene rings is 2. The molecule has 0 saturated heterocycles. The van der Waals surface area contributed by atoms with E-state index in [0.29, 0.717) is 24.5 Å². The standard InChI is InChI=1S/C20H17N3O2/c1-2-13-3-5-17-16(9-13)20(14(11-21)12-22-17)23-15-4-6-18-19(10-15)25-8-7-24-18/h3-6,9-10,12H,2,7-8H2,1H3,(H,22,23). The van der Waals surface area contributed by atoms with Crippen molar-refractivity contribution in [3.8, 4) is 17.6 Å². The molecule has 0 fully saturated rings. The molecular weight excluding hydrogens is 314 g/mol. The van der Waals surface area contributed by atoms with Gasteiger partial charge < -0.3 is 14.8 Å². The SMILES string of the molecule is CCc1ccc2ncc(C#N)c(Nc3ccc4c(c3)OCCO4)c2c1. The molecule has 5 nitrogen and oxygen atoms in total. The molecule has 124 valence electrons. The van der Waals surface area contributed by atoms with E-state index in [0.717, 1.165) is 34.4 Å². The third kappa shape index (κ3) is 2.83. The molecule has 0 bridgehead atoms. The second kappa shape index (κ2) is 6.33. The molecule has 2 heterocycles. The maximum Gasteiger partial charge on any atom is 0.163 e. The first-order valence-corrected chi connectivity index (χ1v) is 8.27. The van der Waals surface area contributed by atoms with Gasteiger partial charge in [0.05, 0.1) is 16.8 Å². The summed E-state index contributed by atoms with van der Waals surface area (Å²) >= 11 is 0. The van der Waals surface area contributed by atoms with Crippen LogP contribution in [0.4, 0.5) is 11.4 Å². The Balaban J connectivity index is 1.81. The van der Waals surface area contributed by atoms with Gasteiger partial charge in [-0.15, -0.1) is 0 Å². The molecule has 2 aromatic carbocycles. The minimum atomic E-state index is 0.510. The lowest BCUT2D eigenvalue weighted by Gasteiger charge is -2.19. The van der Waals surface area contributed by atoms with Gasteiger partial charge in [0, 0.05) is 23.3 Å². The molecule has 0 radical (unpaired) electrons. The maximum atomic E-state index is 9.50. The van der Waals surface area contributed by atoms with Crippen LogP contribution in [-0.4, -0.2) is 18.2 Å². The van der Waals surface area contributed by atoms with Crippen molar-refractivity contribution in [2.45, 2.75) is 13.3 Å². The van der Waals surface area contributed by atoms with Gasteiger partial charge in [-0.2, -0.15) is 5.26 Å². The van der Waals surface area contributed by atoms with Gasteiger partial charge in [-0.3, -0.25) is 4.98 Å². The zero-order valence-electron chi connectivity index (χ0n) is 13.9. The summed E-state index contributed by atoms with van der Waals surface area (Å²) < 4.78 is 11.2. The van der Waals surface area contributed by atoms with Crippen LogP contribution in [0.5, 0.6) is 11.5 Å². The molecule has 5 heteroatoms. The largest absolute Gasteiger partial charge is 0.486 e. The van der Waals surface area contributed by atoms with Crippen molar-refractivity contribution >= 4 is 22.3 Å². The fourth-order valence-electron chi connectivity index (χ4n) is 2.94. The molecule has 25 heavy (non-hydrogen) atoms.